The van der Waals surface area contributed by atoms with Crippen LogP contribution in [0.3, 0.4) is 0 Å². The minimum atomic E-state index is 0.290. The molecule has 0 heteroatoms. The fourth-order valence-electron chi connectivity index (χ4n) is 4.86. The van der Waals surface area contributed by atoms with Crippen LogP contribution in [0.1, 0.15) is 36.0 Å². The smallest absolute Gasteiger partial charge is 0.00596 e. The largest absolute Gasteiger partial charge is 0.0873 e. The maximum atomic E-state index is 2.41. The van der Waals surface area contributed by atoms with E-state index < -0.39 is 0 Å². The molecule has 5 rings (SSSR count). The first-order valence-corrected chi connectivity index (χ1v) is 9.93. The Morgan fingerprint density at radius 2 is 1.22 bits per heavy atom. The molecule has 2 aliphatic rings. The van der Waals surface area contributed by atoms with Crippen LogP contribution < -0.4 is 0 Å². The van der Waals surface area contributed by atoms with Crippen LogP contribution in [0.5, 0.6) is 0 Å². The number of hydrogen-bond donors (Lipinski definition) is 0. The van der Waals surface area contributed by atoms with E-state index in [4.69, 9.17) is 0 Å². The first kappa shape index (κ1) is 16.3. The molecule has 132 valence electrons. The Morgan fingerprint density at radius 1 is 0.667 bits per heavy atom. The summed E-state index contributed by atoms with van der Waals surface area (Å²) in [5, 5.41) is 0. The van der Waals surface area contributed by atoms with Crippen molar-refractivity contribution in [3.05, 3.63) is 125 Å². The Kier molecular flexibility index (Phi) is 4.05. The van der Waals surface area contributed by atoms with Crippen LogP contribution in [0.4, 0.5) is 0 Å². The Hall–Kier alpha value is -2.86. The predicted molar refractivity (Wildman–Crippen MR) is 114 cm³/mol. The number of benzene rings is 3. The summed E-state index contributed by atoms with van der Waals surface area (Å²) in [6, 6.07) is 33.0. The minimum absolute atomic E-state index is 0.290. The third kappa shape index (κ3) is 2.86. The lowest BCUT2D eigenvalue weighted by Crippen LogP contribution is -2.10. The van der Waals surface area contributed by atoms with Gasteiger partial charge in [0.1, 0.15) is 0 Å². The zero-order valence-corrected chi connectivity index (χ0v) is 15.5. The second-order valence-corrected chi connectivity index (χ2v) is 7.79. The van der Waals surface area contributed by atoms with E-state index in [1.165, 1.54) is 28.7 Å². The Bertz CT molecular complexity index is 938. The molecule has 0 heterocycles. The van der Waals surface area contributed by atoms with Gasteiger partial charge in [0.15, 0.2) is 0 Å². The van der Waals surface area contributed by atoms with Crippen molar-refractivity contribution in [2.45, 2.75) is 24.7 Å². The van der Waals surface area contributed by atoms with Gasteiger partial charge < -0.3 is 0 Å². The van der Waals surface area contributed by atoms with Crippen LogP contribution >= 0.6 is 0 Å². The van der Waals surface area contributed by atoms with Crippen LogP contribution in [0, 0.1) is 5.92 Å². The fraction of sp³-hybridized carbons (Fsp3) is 0.185. The first-order valence-electron chi connectivity index (χ1n) is 9.93. The van der Waals surface area contributed by atoms with Gasteiger partial charge in [-0.15, -0.1) is 0 Å². The number of hydrogen-bond acceptors (Lipinski definition) is 0. The normalized spacial score (nSPS) is 23.4. The second kappa shape index (κ2) is 6.70. The van der Waals surface area contributed by atoms with E-state index in [-0.39, 0.29) is 0 Å². The maximum Gasteiger partial charge on any atom is 0.00596 e. The quantitative estimate of drug-likeness (QED) is 0.457. The molecule has 0 amide bonds. The first-order chi connectivity index (χ1) is 13.4. The molecule has 1 fully saturated rings. The van der Waals surface area contributed by atoms with Crippen molar-refractivity contribution in [2.75, 3.05) is 0 Å². The van der Waals surface area contributed by atoms with Crippen LogP contribution in [0.2, 0.25) is 0 Å². The summed E-state index contributed by atoms with van der Waals surface area (Å²) >= 11 is 0. The van der Waals surface area contributed by atoms with E-state index in [1.807, 2.05) is 0 Å². The molecule has 3 aromatic rings. The summed E-state index contributed by atoms with van der Waals surface area (Å²) in [5.74, 6) is 0.630. The van der Waals surface area contributed by atoms with Gasteiger partial charge in [-0.05, 0) is 47.4 Å². The van der Waals surface area contributed by atoms with E-state index in [0.717, 1.165) is 12.8 Å². The van der Waals surface area contributed by atoms with Crippen molar-refractivity contribution < 1.29 is 0 Å². The van der Waals surface area contributed by atoms with E-state index in [1.54, 1.807) is 5.57 Å². The lowest BCUT2D eigenvalue weighted by atomic mass is 9.84. The van der Waals surface area contributed by atoms with Crippen LogP contribution in [0.25, 0.3) is 5.57 Å². The zero-order valence-electron chi connectivity index (χ0n) is 15.5. The van der Waals surface area contributed by atoms with E-state index in [2.05, 4.69) is 103 Å². The van der Waals surface area contributed by atoms with E-state index in [0.29, 0.717) is 11.3 Å². The molecule has 0 N–H and O–H groups in total. The van der Waals surface area contributed by atoms with Crippen molar-refractivity contribution >= 4 is 5.57 Å². The van der Waals surface area contributed by atoms with Gasteiger partial charge >= 0.3 is 0 Å². The molecule has 0 unspecified atom stereocenters. The summed E-state index contributed by atoms with van der Waals surface area (Å²) in [4.78, 5) is 0. The maximum absolute atomic E-state index is 2.41. The molecule has 0 aromatic heterocycles. The fourth-order valence-corrected chi connectivity index (χ4v) is 4.86. The molecule has 1 saturated carbocycles. The second-order valence-electron chi connectivity index (χ2n) is 7.79. The molecule has 0 aliphatic heterocycles. The molecular weight excluding hydrogens is 324 g/mol. The monoisotopic (exact) mass is 348 g/mol. The number of allylic oxidation sites excluding steroid dienone is 3. The van der Waals surface area contributed by atoms with E-state index >= 15 is 0 Å². The highest BCUT2D eigenvalue weighted by molar-refractivity contribution is 5.83. The van der Waals surface area contributed by atoms with Crippen molar-refractivity contribution in [3.8, 4) is 0 Å². The SMILES string of the molecule is C1=CC[C@@]2(c3ccccc3)C[C@@H]2C(=C(c2ccccc2)c2ccccc2)C1. The third-order valence-corrected chi connectivity index (χ3v) is 6.28. The molecule has 0 radical (unpaired) electrons. The van der Waals surface area contributed by atoms with Gasteiger partial charge in [0.05, 0.1) is 0 Å². The summed E-state index contributed by atoms with van der Waals surface area (Å²) in [5.41, 5.74) is 7.50. The Morgan fingerprint density at radius 3 is 1.81 bits per heavy atom. The molecule has 0 spiro atoms. The molecule has 2 aliphatic carbocycles. The number of fused-ring (bicyclic) bond motifs is 1. The third-order valence-electron chi connectivity index (χ3n) is 6.28. The van der Waals surface area contributed by atoms with Crippen molar-refractivity contribution in [3.63, 3.8) is 0 Å². The average molecular weight is 348 g/mol. The topological polar surface area (TPSA) is 0 Å². The van der Waals surface area contributed by atoms with Crippen molar-refractivity contribution in [2.24, 2.45) is 5.92 Å². The summed E-state index contributed by atoms with van der Waals surface area (Å²) in [7, 11) is 0. The van der Waals surface area contributed by atoms with Gasteiger partial charge in [-0.1, -0.05) is 109 Å². The highest BCUT2D eigenvalue weighted by Gasteiger charge is 2.56. The summed E-state index contributed by atoms with van der Waals surface area (Å²) < 4.78 is 0. The highest BCUT2D eigenvalue weighted by Crippen LogP contribution is 2.63. The molecule has 0 nitrogen and oxygen atoms in total. The molecular formula is C27H24. The summed E-state index contributed by atoms with van der Waals surface area (Å²) in [6.07, 6.45) is 8.27. The van der Waals surface area contributed by atoms with Crippen molar-refractivity contribution in [1.82, 2.24) is 0 Å². The zero-order chi connectivity index (χ0) is 18.1. The molecule has 27 heavy (non-hydrogen) atoms. The van der Waals surface area contributed by atoms with Crippen LogP contribution in [-0.2, 0) is 5.41 Å². The van der Waals surface area contributed by atoms with Gasteiger partial charge in [0.2, 0.25) is 0 Å². The highest BCUT2D eigenvalue weighted by atomic mass is 14.6. The predicted octanol–water partition coefficient (Wildman–Crippen LogP) is 6.80. The average Bonchev–Trinajstić information content (AvgIpc) is 3.49. The lowest BCUT2D eigenvalue weighted by molar-refractivity contribution is 0.657. The van der Waals surface area contributed by atoms with Crippen LogP contribution in [0.15, 0.2) is 109 Å². The molecule has 0 bridgehead atoms. The standard InChI is InChI=1S/C27H24/c1-4-12-21(13-5-1)26(22-14-6-2-7-15-22)24-18-10-11-19-27(20-25(24)27)23-16-8-3-9-17-23/h1-17,25H,18-20H2/t25-,27+/m1/s1. The van der Waals surface area contributed by atoms with Gasteiger partial charge in [0.25, 0.3) is 0 Å². The minimum Gasteiger partial charge on any atom is -0.0873 e. The van der Waals surface area contributed by atoms with E-state index in [9.17, 15) is 0 Å². The molecule has 3 aromatic carbocycles. The summed E-state index contributed by atoms with van der Waals surface area (Å²) in [6.45, 7) is 0. The van der Waals surface area contributed by atoms with Gasteiger partial charge in [-0.25, -0.2) is 0 Å². The van der Waals surface area contributed by atoms with Crippen LogP contribution in [-0.4, -0.2) is 0 Å². The van der Waals surface area contributed by atoms with Crippen molar-refractivity contribution in [1.29, 1.82) is 0 Å². The Labute approximate surface area is 161 Å². The Balaban J connectivity index is 1.69. The number of rotatable bonds is 3. The van der Waals surface area contributed by atoms with Gasteiger partial charge in [0, 0.05) is 5.41 Å². The molecule has 0 saturated heterocycles. The van der Waals surface area contributed by atoms with Gasteiger partial charge in [-0.3, -0.25) is 0 Å². The molecule has 2 atom stereocenters. The lowest BCUT2D eigenvalue weighted by Gasteiger charge is -2.19. The van der Waals surface area contributed by atoms with Gasteiger partial charge in [-0.2, -0.15) is 0 Å².